The highest BCUT2D eigenvalue weighted by molar-refractivity contribution is 5.91. The summed E-state index contributed by atoms with van der Waals surface area (Å²) in [6.07, 6.45) is 1.09. The molecule has 0 aromatic heterocycles. The van der Waals surface area contributed by atoms with Crippen LogP contribution in [0.4, 0.5) is 0 Å². The molecule has 0 spiro atoms. The summed E-state index contributed by atoms with van der Waals surface area (Å²) < 4.78 is 11.3. The third kappa shape index (κ3) is 6.12. The van der Waals surface area contributed by atoms with Crippen molar-refractivity contribution in [2.75, 3.05) is 6.61 Å². The van der Waals surface area contributed by atoms with E-state index in [1.807, 2.05) is 36.4 Å². The smallest absolute Gasteiger partial charge is 0.349 e. The van der Waals surface area contributed by atoms with Crippen molar-refractivity contribution in [1.29, 1.82) is 0 Å². The molecule has 170 valence electrons. The number of carbonyl (C=O) groups is 1. The van der Waals surface area contributed by atoms with E-state index in [2.05, 4.69) is 72.7 Å². The minimum Gasteiger partial charge on any atom is -0.481 e. The average Bonchev–Trinajstić information content (AvgIpc) is 2.70. The maximum absolute atomic E-state index is 12.4. The van der Waals surface area contributed by atoms with Crippen LogP contribution in [0.5, 0.6) is 11.5 Å². The van der Waals surface area contributed by atoms with Crippen molar-refractivity contribution >= 4 is 16.7 Å². The Kier molecular flexibility index (Phi) is 6.97. The molecule has 3 rings (SSSR count). The van der Waals surface area contributed by atoms with Crippen molar-refractivity contribution in [2.24, 2.45) is 10.8 Å². The lowest BCUT2D eigenvalue weighted by molar-refractivity contribution is -0.136. The number of hydrogen-bond acceptors (Lipinski definition) is 3. The molecule has 0 bridgehead atoms. The zero-order valence-corrected chi connectivity index (χ0v) is 20.5. The van der Waals surface area contributed by atoms with Crippen LogP contribution in [0.3, 0.4) is 0 Å². The standard InChI is InChI=1S/C29H36O3/c1-20-10-8-12-24-23(20)11-9-13-26(24)31-19-27(30)32-22-16-14-21(15-17-22)25(29(5,6)7)18-28(2,3)4/h8-17,25H,18-19H2,1-7H3. The van der Waals surface area contributed by atoms with Gasteiger partial charge < -0.3 is 9.47 Å². The van der Waals surface area contributed by atoms with Gasteiger partial charge in [0.05, 0.1) is 0 Å². The van der Waals surface area contributed by atoms with Gasteiger partial charge in [0.1, 0.15) is 11.5 Å². The molecule has 3 nitrogen and oxygen atoms in total. The molecule has 3 heteroatoms. The SMILES string of the molecule is Cc1cccc2c(OCC(=O)Oc3ccc(C(CC(C)(C)C)C(C)(C)C)cc3)cccc12. The second-order valence-corrected chi connectivity index (χ2v) is 10.9. The highest BCUT2D eigenvalue weighted by atomic mass is 16.6. The fraction of sp³-hybridized carbons (Fsp3) is 0.414. The van der Waals surface area contributed by atoms with Crippen molar-refractivity contribution in [1.82, 2.24) is 0 Å². The normalized spacial score (nSPS) is 13.1. The Balaban J connectivity index is 1.66. The van der Waals surface area contributed by atoms with E-state index >= 15 is 0 Å². The van der Waals surface area contributed by atoms with E-state index in [-0.39, 0.29) is 17.4 Å². The van der Waals surface area contributed by atoms with Gasteiger partial charge in [-0.3, -0.25) is 0 Å². The Morgan fingerprint density at radius 2 is 1.47 bits per heavy atom. The van der Waals surface area contributed by atoms with Crippen LogP contribution in [0.25, 0.3) is 10.8 Å². The predicted octanol–water partition coefficient (Wildman–Crippen LogP) is 7.70. The largest absolute Gasteiger partial charge is 0.481 e. The van der Waals surface area contributed by atoms with E-state index in [1.165, 1.54) is 11.1 Å². The molecule has 3 aromatic rings. The quantitative estimate of drug-likeness (QED) is 0.296. The summed E-state index contributed by atoms with van der Waals surface area (Å²) in [4.78, 5) is 12.4. The van der Waals surface area contributed by atoms with E-state index < -0.39 is 5.97 Å². The average molecular weight is 433 g/mol. The van der Waals surface area contributed by atoms with Crippen molar-refractivity contribution in [3.63, 3.8) is 0 Å². The lowest BCUT2D eigenvalue weighted by Crippen LogP contribution is -2.23. The predicted molar refractivity (Wildman–Crippen MR) is 133 cm³/mol. The molecule has 1 unspecified atom stereocenters. The zero-order valence-electron chi connectivity index (χ0n) is 20.5. The first-order chi connectivity index (χ1) is 14.9. The van der Waals surface area contributed by atoms with Crippen molar-refractivity contribution in [3.8, 4) is 11.5 Å². The minimum absolute atomic E-state index is 0.135. The Hall–Kier alpha value is -2.81. The molecule has 0 radical (unpaired) electrons. The molecule has 0 saturated carbocycles. The number of ether oxygens (including phenoxy) is 2. The Bertz CT molecular complexity index is 1070. The molecule has 0 N–H and O–H groups in total. The van der Waals surface area contributed by atoms with Gasteiger partial charge in [-0.15, -0.1) is 0 Å². The third-order valence-electron chi connectivity index (χ3n) is 5.82. The third-order valence-corrected chi connectivity index (χ3v) is 5.82. The fourth-order valence-corrected chi connectivity index (χ4v) is 4.17. The fourth-order valence-electron chi connectivity index (χ4n) is 4.17. The van der Waals surface area contributed by atoms with Gasteiger partial charge >= 0.3 is 5.97 Å². The molecular weight excluding hydrogens is 396 g/mol. The van der Waals surface area contributed by atoms with E-state index in [1.54, 1.807) is 0 Å². The molecule has 0 amide bonds. The minimum atomic E-state index is -0.413. The van der Waals surface area contributed by atoms with Gasteiger partial charge in [-0.05, 0) is 64.8 Å². The first-order valence-corrected chi connectivity index (χ1v) is 11.4. The Morgan fingerprint density at radius 1 is 0.844 bits per heavy atom. The highest BCUT2D eigenvalue weighted by Gasteiger charge is 2.30. The summed E-state index contributed by atoms with van der Waals surface area (Å²) in [5.41, 5.74) is 2.83. The molecule has 0 aliphatic carbocycles. The molecule has 0 fully saturated rings. The number of aryl methyl sites for hydroxylation is 1. The summed E-state index contributed by atoms with van der Waals surface area (Å²) in [5.74, 6) is 1.24. The van der Waals surface area contributed by atoms with Crippen molar-refractivity contribution < 1.29 is 14.3 Å². The molecule has 1 atom stereocenters. The van der Waals surface area contributed by atoms with Crippen LogP contribution in [-0.4, -0.2) is 12.6 Å². The molecule has 0 heterocycles. The van der Waals surface area contributed by atoms with Crippen molar-refractivity contribution in [3.05, 3.63) is 71.8 Å². The Morgan fingerprint density at radius 3 is 2.09 bits per heavy atom. The monoisotopic (exact) mass is 432 g/mol. The van der Waals surface area contributed by atoms with Crippen LogP contribution < -0.4 is 9.47 Å². The van der Waals surface area contributed by atoms with E-state index in [4.69, 9.17) is 9.47 Å². The van der Waals surface area contributed by atoms with Crippen LogP contribution >= 0.6 is 0 Å². The molecular formula is C29H36O3. The number of rotatable bonds is 6. The van der Waals surface area contributed by atoms with Gasteiger partial charge in [0.25, 0.3) is 0 Å². The summed E-state index contributed by atoms with van der Waals surface area (Å²) in [5, 5.41) is 2.12. The second kappa shape index (κ2) is 9.36. The van der Waals surface area contributed by atoms with E-state index in [0.717, 1.165) is 17.2 Å². The van der Waals surface area contributed by atoms with Crippen LogP contribution in [0.15, 0.2) is 60.7 Å². The van der Waals surface area contributed by atoms with Gasteiger partial charge in [0.15, 0.2) is 6.61 Å². The van der Waals surface area contributed by atoms with E-state index in [9.17, 15) is 4.79 Å². The van der Waals surface area contributed by atoms with Crippen LogP contribution in [0.2, 0.25) is 0 Å². The summed E-state index contributed by atoms with van der Waals surface area (Å²) >= 11 is 0. The first-order valence-electron chi connectivity index (χ1n) is 11.4. The summed E-state index contributed by atoms with van der Waals surface area (Å²) in [6, 6.07) is 19.9. The summed E-state index contributed by atoms with van der Waals surface area (Å²) in [6.45, 7) is 15.6. The van der Waals surface area contributed by atoms with E-state index in [0.29, 0.717) is 17.4 Å². The molecule has 0 aliphatic rings. The Labute approximate surface area is 192 Å². The zero-order chi connectivity index (χ0) is 23.5. The number of fused-ring (bicyclic) bond motifs is 1. The molecule has 32 heavy (non-hydrogen) atoms. The second-order valence-electron chi connectivity index (χ2n) is 10.9. The van der Waals surface area contributed by atoms with Gasteiger partial charge in [0, 0.05) is 5.39 Å². The maximum Gasteiger partial charge on any atom is 0.349 e. The van der Waals surface area contributed by atoms with Crippen LogP contribution in [0, 0.1) is 17.8 Å². The first kappa shape index (κ1) is 23.8. The van der Waals surface area contributed by atoms with Crippen LogP contribution in [-0.2, 0) is 4.79 Å². The number of carbonyl (C=O) groups excluding carboxylic acids is 1. The lowest BCUT2D eigenvalue weighted by atomic mass is 9.69. The molecule has 3 aromatic carbocycles. The molecule has 0 aliphatic heterocycles. The van der Waals surface area contributed by atoms with Gasteiger partial charge in [-0.2, -0.15) is 0 Å². The van der Waals surface area contributed by atoms with Crippen LogP contribution in [0.1, 0.15) is 65.0 Å². The van der Waals surface area contributed by atoms with Crippen molar-refractivity contribution in [2.45, 2.75) is 60.8 Å². The highest BCUT2D eigenvalue weighted by Crippen LogP contribution is 2.43. The maximum atomic E-state index is 12.4. The lowest BCUT2D eigenvalue weighted by Gasteiger charge is -2.36. The molecule has 0 saturated heterocycles. The number of esters is 1. The van der Waals surface area contributed by atoms with Gasteiger partial charge in [-0.25, -0.2) is 4.79 Å². The van der Waals surface area contributed by atoms with Gasteiger partial charge in [0.2, 0.25) is 0 Å². The summed E-state index contributed by atoms with van der Waals surface area (Å²) in [7, 11) is 0. The number of benzene rings is 3. The topological polar surface area (TPSA) is 35.5 Å². The van der Waals surface area contributed by atoms with Gasteiger partial charge in [-0.1, -0.05) is 84.0 Å². The number of hydrogen-bond donors (Lipinski definition) is 0.